The molecule has 2 aliphatic heterocycles. The first-order valence-electron chi connectivity index (χ1n) is 10.3. The third-order valence-electron chi connectivity index (χ3n) is 5.54. The van der Waals surface area contributed by atoms with Crippen molar-refractivity contribution in [2.75, 3.05) is 14.2 Å². The fourth-order valence-corrected chi connectivity index (χ4v) is 11.2. The topological polar surface area (TPSA) is 36.9 Å². The van der Waals surface area contributed by atoms with Crippen molar-refractivity contribution >= 4 is 26.5 Å². The molecule has 2 unspecified atom stereocenters. The zero-order valence-electron chi connectivity index (χ0n) is 19.1. The second-order valence-electron chi connectivity index (χ2n) is 9.71. The molecule has 2 aromatic carbocycles. The summed E-state index contributed by atoms with van der Waals surface area (Å²) in [5.74, 6) is 3.66. The minimum absolute atomic E-state index is 0.0336. The number of rotatable bonds is 3. The molecule has 2 heterocycles. The van der Waals surface area contributed by atoms with Gasteiger partial charge in [-0.15, -0.1) is 0 Å². The van der Waals surface area contributed by atoms with E-state index in [9.17, 15) is 0 Å². The van der Waals surface area contributed by atoms with Crippen LogP contribution < -0.4 is 29.6 Å². The Hall–Kier alpha value is -1.50. The molecule has 0 N–H and O–H groups in total. The lowest BCUT2D eigenvalue weighted by atomic mass is 10.2. The monoisotopic (exact) mass is 446 g/mol. The molecule has 0 radical (unpaired) electrons. The maximum Gasteiger partial charge on any atom is 0.162 e. The molecule has 2 aliphatic rings. The SMILES string of the molecule is COc1cccc2c1P(C(C)(C)C)C([C@@H]1Oc3cccc(OC)c3[P@]1C(C)(C)C)O2. The molecule has 4 rings (SSSR count). The highest BCUT2D eigenvalue weighted by atomic mass is 31.1. The van der Waals surface area contributed by atoms with Crippen LogP contribution in [0.2, 0.25) is 0 Å². The van der Waals surface area contributed by atoms with Crippen molar-refractivity contribution in [3.8, 4) is 23.0 Å². The van der Waals surface area contributed by atoms with Crippen LogP contribution in [0.4, 0.5) is 0 Å². The fourth-order valence-electron chi connectivity index (χ4n) is 4.42. The van der Waals surface area contributed by atoms with E-state index < -0.39 is 15.8 Å². The lowest BCUT2D eigenvalue weighted by Gasteiger charge is -2.39. The van der Waals surface area contributed by atoms with Gasteiger partial charge in [0.1, 0.15) is 23.0 Å². The number of hydrogen-bond donors (Lipinski definition) is 0. The van der Waals surface area contributed by atoms with E-state index in [2.05, 4.69) is 53.7 Å². The van der Waals surface area contributed by atoms with Crippen molar-refractivity contribution in [3.63, 3.8) is 0 Å². The largest absolute Gasteiger partial charge is 0.496 e. The van der Waals surface area contributed by atoms with Gasteiger partial charge in [-0.25, -0.2) is 0 Å². The van der Waals surface area contributed by atoms with E-state index in [1.54, 1.807) is 14.2 Å². The van der Waals surface area contributed by atoms with Gasteiger partial charge in [-0.05, 0) is 50.4 Å². The molecule has 0 spiro atoms. The first kappa shape index (κ1) is 21.7. The third-order valence-corrected chi connectivity index (χ3v) is 12.3. The molecular formula is C24H32O4P2. The molecule has 4 nitrogen and oxygen atoms in total. The Morgan fingerprint density at radius 2 is 1.03 bits per heavy atom. The van der Waals surface area contributed by atoms with Crippen molar-refractivity contribution in [2.45, 2.75) is 63.5 Å². The summed E-state index contributed by atoms with van der Waals surface area (Å²) in [6.07, 6.45) is 0. The van der Waals surface area contributed by atoms with Crippen LogP contribution in [0.5, 0.6) is 23.0 Å². The van der Waals surface area contributed by atoms with Crippen molar-refractivity contribution in [3.05, 3.63) is 36.4 Å². The zero-order valence-corrected chi connectivity index (χ0v) is 20.9. The molecule has 30 heavy (non-hydrogen) atoms. The maximum absolute atomic E-state index is 6.70. The predicted octanol–water partition coefficient (Wildman–Crippen LogP) is 5.65. The Labute approximate surface area is 182 Å². The maximum atomic E-state index is 6.70. The van der Waals surface area contributed by atoms with E-state index in [0.29, 0.717) is 0 Å². The number of hydrogen-bond acceptors (Lipinski definition) is 4. The van der Waals surface area contributed by atoms with E-state index in [4.69, 9.17) is 18.9 Å². The number of methoxy groups -OCH3 is 2. The molecule has 0 aliphatic carbocycles. The van der Waals surface area contributed by atoms with Crippen LogP contribution in [0.15, 0.2) is 36.4 Å². The Morgan fingerprint density at radius 3 is 1.33 bits per heavy atom. The smallest absolute Gasteiger partial charge is 0.162 e. The Morgan fingerprint density at radius 1 is 0.667 bits per heavy atom. The van der Waals surface area contributed by atoms with Crippen LogP contribution in [0.3, 0.4) is 0 Å². The van der Waals surface area contributed by atoms with Gasteiger partial charge in [0.15, 0.2) is 11.7 Å². The third kappa shape index (κ3) is 3.47. The van der Waals surface area contributed by atoms with Crippen LogP contribution in [0.25, 0.3) is 0 Å². The second-order valence-corrected chi connectivity index (χ2v) is 15.8. The lowest BCUT2D eigenvalue weighted by Crippen LogP contribution is -2.38. The van der Waals surface area contributed by atoms with Crippen molar-refractivity contribution in [1.29, 1.82) is 0 Å². The molecule has 6 heteroatoms. The van der Waals surface area contributed by atoms with Crippen molar-refractivity contribution < 1.29 is 18.9 Å². The molecule has 0 fully saturated rings. The number of ether oxygens (including phenoxy) is 4. The summed E-state index contributed by atoms with van der Waals surface area (Å²) in [6, 6.07) is 12.3. The second kappa shape index (κ2) is 7.57. The van der Waals surface area contributed by atoms with Crippen LogP contribution in [-0.2, 0) is 0 Å². The van der Waals surface area contributed by atoms with Gasteiger partial charge in [0, 0.05) is 0 Å². The van der Waals surface area contributed by atoms with E-state index in [1.165, 1.54) is 10.6 Å². The quantitative estimate of drug-likeness (QED) is 0.571. The van der Waals surface area contributed by atoms with Gasteiger partial charge in [0.25, 0.3) is 0 Å². The average molecular weight is 446 g/mol. The highest BCUT2D eigenvalue weighted by molar-refractivity contribution is 7.72. The highest BCUT2D eigenvalue weighted by Gasteiger charge is 2.55. The van der Waals surface area contributed by atoms with Crippen molar-refractivity contribution in [2.24, 2.45) is 0 Å². The summed E-state index contributed by atoms with van der Waals surface area (Å²) in [7, 11) is 2.11. The summed E-state index contributed by atoms with van der Waals surface area (Å²) in [4.78, 5) is 0. The summed E-state index contributed by atoms with van der Waals surface area (Å²) in [6.45, 7) is 13.8. The molecule has 162 valence electrons. The van der Waals surface area contributed by atoms with Crippen LogP contribution in [-0.4, -0.2) is 36.2 Å². The number of benzene rings is 2. The summed E-state index contributed by atoms with van der Waals surface area (Å²) in [5, 5.41) is 2.54. The van der Waals surface area contributed by atoms with Crippen molar-refractivity contribution in [1.82, 2.24) is 0 Å². The average Bonchev–Trinajstić information content (AvgIpc) is 3.25. The van der Waals surface area contributed by atoms with Crippen LogP contribution in [0, 0.1) is 0 Å². The molecule has 0 aromatic heterocycles. The van der Waals surface area contributed by atoms with E-state index in [-0.39, 0.29) is 22.0 Å². The fraction of sp³-hybridized carbons (Fsp3) is 0.500. The van der Waals surface area contributed by atoms with Crippen LogP contribution >= 0.6 is 15.8 Å². The number of fused-ring (bicyclic) bond motifs is 2. The lowest BCUT2D eigenvalue weighted by molar-refractivity contribution is 0.171. The molecule has 0 bridgehead atoms. The van der Waals surface area contributed by atoms with E-state index >= 15 is 0 Å². The van der Waals surface area contributed by atoms with E-state index in [1.807, 2.05) is 24.3 Å². The zero-order chi connectivity index (χ0) is 21.8. The molecule has 0 saturated heterocycles. The Kier molecular flexibility index (Phi) is 5.48. The first-order chi connectivity index (χ1) is 14.1. The van der Waals surface area contributed by atoms with Gasteiger partial charge in [-0.2, -0.15) is 0 Å². The van der Waals surface area contributed by atoms with Crippen LogP contribution in [0.1, 0.15) is 41.5 Å². The Balaban J connectivity index is 1.85. The van der Waals surface area contributed by atoms with Gasteiger partial charge in [0.05, 0.1) is 24.8 Å². The Bertz CT molecular complexity index is 868. The molecule has 2 aromatic rings. The van der Waals surface area contributed by atoms with Gasteiger partial charge < -0.3 is 18.9 Å². The van der Waals surface area contributed by atoms with Gasteiger partial charge in [0.2, 0.25) is 0 Å². The summed E-state index contributed by atoms with van der Waals surface area (Å²) >= 11 is 0. The molecule has 0 saturated carbocycles. The molecule has 4 atom stereocenters. The first-order valence-corrected chi connectivity index (χ1v) is 13.2. The minimum atomic E-state index is -0.690. The standard InChI is InChI=1S/C24H32O4P2/c1-23(2,3)29-19-15(25-7)11-9-13-17(19)27-21(29)22-28-18-14-10-12-16(26-8)20(18)30(22)24(4,5)6/h9-14,21-22H,1-8H3/t21-,22?,29+,30?/m1/s1. The minimum Gasteiger partial charge on any atom is -0.496 e. The summed E-state index contributed by atoms with van der Waals surface area (Å²) in [5.41, 5.74) is 0. The predicted molar refractivity (Wildman–Crippen MR) is 127 cm³/mol. The highest BCUT2D eigenvalue weighted by Crippen LogP contribution is 2.69. The van der Waals surface area contributed by atoms with Gasteiger partial charge in [-0.1, -0.05) is 53.7 Å². The van der Waals surface area contributed by atoms with Gasteiger partial charge >= 0.3 is 0 Å². The normalized spacial score (nSPS) is 25.2. The van der Waals surface area contributed by atoms with Gasteiger partial charge in [-0.3, -0.25) is 0 Å². The molecule has 0 amide bonds. The van der Waals surface area contributed by atoms with E-state index in [0.717, 1.165) is 23.0 Å². The molecular weight excluding hydrogens is 414 g/mol. The summed E-state index contributed by atoms with van der Waals surface area (Å²) < 4.78 is 24.9.